The van der Waals surface area contributed by atoms with E-state index in [9.17, 15) is 9.59 Å². The van der Waals surface area contributed by atoms with Crippen molar-refractivity contribution in [1.82, 2.24) is 9.78 Å². The van der Waals surface area contributed by atoms with E-state index in [4.69, 9.17) is 4.74 Å². The number of amides is 2. The molecule has 3 rings (SSSR count). The van der Waals surface area contributed by atoms with Gasteiger partial charge in [0.15, 0.2) is 0 Å². The third kappa shape index (κ3) is 4.17. The zero-order valence-corrected chi connectivity index (χ0v) is 16.1. The Morgan fingerprint density at radius 2 is 2.00 bits per heavy atom. The fourth-order valence-electron chi connectivity index (χ4n) is 2.51. The number of thiophene rings is 1. The molecule has 1 aromatic carbocycles. The number of carbonyl (C=O) groups is 2. The van der Waals surface area contributed by atoms with E-state index in [-0.39, 0.29) is 11.8 Å². The van der Waals surface area contributed by atoms with Gasteiger partial charge in [0.2, 0.25) is 5.91 Å². The van der Waals surface area contributed by atoms with Gasteiger partial charge in [-0.25, -0.2) is 0 Å². The first kappa shape index (κ1) is 18.7. The van der Waals surface area contributed by atoms with E-state index in [0.29, 0.717) is 29.2 Å². The summed E-state index contributed by atoms with van der Waals surface area (Å²) in [7, 11) is 3.26. The van der Waals surface area contributed by atoms with Crippen molar-refractivity contribution in [3.8, 4) is 16.3 Å². The van der Waals surface area contributed by atoms with Crippen molar-refractivity contribution in [3.63, 3.8) is 0 Å². The Kier molecular flexibility index (Phi) is 5.56. The molecule has 0 saturated heterocycles. The van der Waals surface area contributed by atoms with Crippen LogP contribution in [0.15, 0.2) is 41.8 Å². The Morgan fingerprint density at radius 3 is 2.67 bits per heavy atom. The van der Waals surface area contributed by atoms with Crippen molar-refractivity contribution in [2.24, 2.45) is 7.05 Å². The number of hydrogen-bond acceptors (Lipinski definition) is 5. The largest absolute Gasteiger partial charge is 0.497 e. The van der Waals surface area contributed by atoms with Gasteiger partial charge in [-0.3, -0.25) is 14.3 Å². The molecular formula is C19H20N4O3S. The standard InChI is InChI=1S/C19H20N4O3S/c1-4-18(24)20-13-8-7-12(26-3)10-14(13)21-19(25)16-11-15(22-23(16)2)17-6-5-9-27-17/h5-11H,4H2,1-3H3,(H,20,24)(H,21,25). The molecule has 0 fully saturated rings. The number of methoxy groups -OCH3 is 1. The molecule has 0 aliphatic rings. The number of carbonyl (C=O) groups excluding carboxylic acids is 2. The van der Waals surface area contributed by atoms with Gasteiger partial charge in [0.25, 0.3) is 5.91 Å². The number of hydrogen-bond donors (Lipinski definition) is 2. The normalized spacial score (nSPS) is 10.5. The second-order valence-corrected chi connectivity index (χ2v) is 6.73. The summed E-state index contributed by atoms with van der Waals surface area (Å²) >= 11 is 1.56. The number of aromatic nitrogens is 2. The van der Waals surface area contributed by atoms with E-state index < -0.39 is 0 Å². The van der Waals surface area contributed by atoms with Gasteiger partial charge in [-0.05, 0) is 29.6 Å². The Bertz CT molecular complexity index is 964. The van der Waals surface area contributed by atoms with E-state index in [1.54, 1.807) is 56.7 Å². The maximum absolute atomic E-state index is 12.8. The fourth-order valence-corrected chi connectivity index (χ4v) is 3.19. The first-order valence-electron chi connectivity index (χ1n) is 8.39. The zero-order valence-electron chi connectivity index (χ0n) is 15.3. The van der Waals surface area contributed by atoms with E-state index >= 15 is 0 Å². The van der Waals surface area contributed by atoms with Gasteiger partial charge in [-0.15, -0.1) is 11.3 Å². The number of nitrogens with zero attached hydrogens (tertiary/aromatic N) is 2. The zero-order chi connectivity index (χ0) is 19.4. The lowest BCUT2D eigenvalue weighted by molar-refractivity contribution is -0.115. The molecule has 0 atom stereocenters. The predicted octanol–water partition coefficient (Wildman–Crippen LogP) is 3.76. The SMILES string of the molecule is CCC(=O)Nc1ccc(OC)cc1NC(=O)c1cc(-c2cccs2)nn1C. The highest BCUT2D eigenvalue weighted by molar-refractivity contribution is 7.13. The third-order valence-electron chi connectivity index (χ3n) is 3.96. The van der Waals surface area contributed by atoms with Crippen molar-refractivity contribution >= 4 is 34.5 Å². The third-order valence-corrected chi connectivity index (χ3v) is 4.85. The maximum Gasteiger partial charge on any atom is 0.274 e. The van der Waals surface area contributed by atoms with Crippen LogP contribution in [0.3, 0.4) is 0 Å². The summed E-state index contributed by atoms with van der Waals surface area (Å²) in [5.74, 6) is 0.105. The number of ether oxygens (including phenoxy) is 1. The molecule has 8 heteroatoms. The van der Waals surface area contributed by atoms with Crippen molar-refractivity contribution in [1.29, 1.82) is 0 Å². The van der Waals surface area contributed by atoms with Crippen LogP contribution in [0.1, 0.15) is 23.8 Å². The van der Waals surface area contributed by atoms with Gasteiger partial charge in [0, 0.05) is 19.5 Å². The highest BCUT2D eigenvalue weighted by Crippen LogP contribution is 2.29. The van der Waals surface area contributed by atoms with Crippen LogP contribution in [0.25, 0.3) is 10.6 Å². The average molecular weight is 384 g/mol. The van der Waals surface area contributed by atoms with Gasteiger partial charge < -0.3 is 15.4 Å². The average Bonchev–Trinajstić information content (AvgIpc) is 3.32. The summed E-state index contributed by atoms with van der Waals surface area (Å²) in [5.41, 5.74) is 2.12. The molecule has 27 heavy (non-hydrogen) atoms. The van der Waals surface area contributed by atoms with Crippen LogP contribution in [-0.4, -0.2) is 28.7 Å². The minimum Gasteiger partial charge on any atom is -0.497 e. The highest BCUT2D eigenvalue weighted by atomic mass is 32.1. The van der Waals surface area contributed by atoms with E-state index in [1.165, 1.54) is 4.68 Å². The second kappa shape index (κ2) is 8.05. The maximum atomic E-state index is 12.8. The number of anilines is 2. The topological polar surface area (TPSA) is 85.2 Å². The second-order valence-electron chi connectivity index (χ2n) is 5.78. The lowest BCUT2D eigenvalue weighted by Crippen LogP contribution is -2.18. The Labute approximate surface area is 161 Å². The van der Waals surface area contributed by atoms with Gasteiger partial charge >= 0.3 is 0 Å². The summed E-state index contributed by atoms with van der Waals surface area (Å²) in [6, 6.07) is 10.7. The van der Waals surface area contributed by atoms with Gasteiger partial charge in [-0.2, -0.15) is 5.10 Å². The van der Waals surface area contributed by atoms with Gasteiger partial charge in [-0.1, -0.05) is 13.0 Å². The molecule has 0 unspecified atom stereocenters. The predicted molar refractivity (Wildman–Crippen MR) is 106 cm³/mol. The Hall–Kier alpha value is -3.13. The van der Waals surface area contributed by atoms with Crippen molar-refractivity contribution in [2.75, 3.05) is 17.7 Å². The van der Waals surface area contributed by atoms with Crippen LogP contribution < -0.4 is 15.4 Å². The molecule has 0 radical (unpaired) electrons. The monoisotopic (exact) mass is 384 g/mol. The Morgan fingerprint density at radius 1 is 1.19 bits per heavy atom. The van der Waals surface area contributed by atoms with E-state index in [2.05, 4.69) is 15.7 Å². The molecule has 0 aliphatic carbocycles. The molecule has 7 nitrogen and oxygen atoms in total. The number of rotatable bonds is 6. The summed E-state index contributed by atoms with van der Waals surface area (Å²) in [4.78, 5) is 25.6. The number of aryl methyl sites for hydroxylation is 1. The molecule has 2 N–H and O–H groups in total. The van der Waals surface area contributed by atoms with Crippen molar-refractivity contribution < 1.29 is 14.3 Å². The van der Waals surface area contributed by atoms with Crippen LogP contribution in [0.4, 0.5) is 11.4 Å². The van der Waals surface area contributed by atoms with Crippen molar-refractivity contribution in [3.05, 3.63) is 47.5 Å². The van der Waals surface area contributed by atoms with Crippen molar-refractivity contribution in [2.45, 2.75) is 13.3 Å². The van der Waals surface area contributed by atoms with Gasteiger partial charge in [0.05, 0.1) is 23.4 Å². The molecular weight excluding hydrogens is 364 g/mol. The smallest absolute Gasteiger partial charge is 0.274 e. The molecule has 0 aliphatic heterocycles. The molecule has 3 aromatic rings. The summed E-state index contributed by atoms with van der Waals surface area (Å²) in [5, 5.41) is 12.0. The quantitative estimate of drug-likeness (QED) is 0.678. The van der Waals surface area contributed by atoms with E-state index in [1.807, 2.05) is 17.5 Å². The van der Waals surface area contributed by atoms with E-state index in [0.717, 1.165) is 10.6 Å². The summed E-state index contributed by atoms with van der Waals surface area (Å²) in [6.45, 7) is 1.76. The number of nitrogens with one attached hydrogen (secondary N) is 2. The number of benzene rings is 1. The first-order chi connectivity index (χ1) is 13.0. The first-order valence-corrected chi connectivity index (χ1v) is 9.27. The molecule has 0 bridgehead atoms. The Balaban J connectivity index is 1.88. The molecule has 0 saturated carbocycles. The minimum absolute atomic E-state index is 0.142. The molecule has 2 aromatic heterocycles. The fraction of sp³-hybridized carbons (Fsp3) is 0.211. The lowest BCUT2D eigenvalue weighted by Gasteiger charge is -2.13. The summed E-state index contributed by atoms with van der Waals surface area (Å²) in [6.07, 6.45) is 0.339. The van der Waals surface area contributed by atoms with Crippen LogP contribution in [0.5, 0.6) is 5.75 Å². The molecule has 2 amide bonds. The molecule has 0 spiro atoms. The van der Waals surface area contributed by atoms with Crippen LogP contribution in [0, 0.1) is 0 Å². The van der Waals surface area contributed by atoms with Gasteiger partial charge in [0.1, 0.15) is 17.1 Å². The van der Waals surface area contributed by atoms with Crippen LogP contribution in [0.2, 0.25) is 0 Å². The van der Waals surface area contributed by atoms with Crippen LogP contribution >= 0.6 is 11.3 Å². The molecule has 2 heterocycles. The summed E-state index contributed by atoms with van der Waals surface area (Å²) < 4.78 is 6.76. The highest BCUT2D eigenvalue weighted by Gasteiger charge is 2.17. The van der Waals surface area contributed by atoms with Crippen LogP contribution in [-0.2, 0) is 11.8 Å². The minimum atomic E-state index is -0.326. The lowest BCUT2D eigenvalue weighted by atomic mass is 10.2. The molecule has 140 valence electrons.